The van der Waals surface area contributed by atoms with E-state index in [4.69, 9.17) is 0 Å². The maximum atomic E-state index is 14.6. The molecular formula is C20H17FN2OS. The van der Waals surface area contributed by atoms with Gasteiger partial charge in [0, 0.05) is 23.1 Å². The highest BCUT2D eigenvalue weighted by Crippen LogP contribution is 2.51. The van der Waals surface area contributed by atoms with Gasteiger partial charge in [0.05, 0.1) is 21.4 Å². The van der Waals surface area contributed by atoms with Crippen molar-refractivity contribution in [1.29, 1.82) is 0 Å². The number of anilines is 1. The topological polar surface area (TPSA) is 33.2 Å². The highest BCUT2D eigenvalue weighted by atomic mass is 32.1. The molecule has 5 rings (SSSR count). The Bertz CT molecular complexity index is 990. The summed E-state index contributed by atoms with van der Waals surface area (Å²) < 4.78 is 15.6. The third kappa shape index (κ3) is 2.15. The van der Waals surface area contributed by atoms with Crippen molar-refractivity contribution in [3.05, 3.63) is 58.9 Å². The molecule has 2 heterocycles. The van der Waals surface area contributed by atoms with Crippen LogP contribution in [0.4, 0.5) is 10.1 Å². The number of hydrogen-bond donors (Lipinski definition) is 0. The van der Waals surface area contributed by atoms with Crippen molar-refractivity contribution >= 4 is 33.1 Å². The molecule has 0 radical (unpaired) electrons. The number of nitrogens with zero attached hydrogens (tertiary/aromatic N) is 2. The molecule has 1 aromatic heterocycles. The normalized spacial score (nSPS) is 18.2. The Hall–Kier alpha value is -2.27. The van der Waals surface area contributed by atoms with Gasteiger partial charge in [0.2, 0.25) is 0 Å². The molecule has 126 valence electrons. The molecule has 0 bridgehead atoms. The van der Waals surface area contributed by atoms with Crippen LogP contribution in [-0.2, 0) is 5.41 Å². The predicted octanol–water partition coefficient (Wildman–Crippen LogP) is 4.91. The summed E-state index contributed by atoms with van der Waals surface area (Å²) in [5, 5.41) is 0. The van der Waals surface area contributed by atoms with Crippen molar-refractivity contribution in [3.8, 4) is 0 Å². The smallest absolute Gasteiger partial charge is 0.258 e. The monoisotopic (exact) mass is 352 g/mol. The average Bonchev–Trinajstić information content (AvgIpc) is 3.34. The Morgan fingerprint density at radius 1 is 1.20 bits per heavy atom. The summed E-state index contributed by atoms with van der Waals surface area (Å²) >= 11 is 1.53. The molecule has 3 nitrogen and oxygen atoms in total. The van der Waals surface area contributed by atoms with Gasteiger partial charge in [0.25, 0.3) is 5.91 Å². The van der Waals surface area contributed by atoms with Gasteiger partial charge in [0.1, 0.15) is 5.82 Å². The Kier molecular flexibility index (Phi) is 3.22. The second-order valence-electron chi connectivity index (χ2n) is 7.05. The van der Waals surface area contributed by atoms with Crippen molar-refractivity contribution in [3.63, 3.8) is 0 Å². The summed E-state index contributed by atoms with van der Waals surface area (Å²) in [6.45, 7) is 0.586. The molecule has 2 aromatic carbocycles. The second kappa shape index (κ2) is 5.36. The summed E-state index contributed by atoms with van der Waals surface area (Å²) in [4.78, 5) is 19.3. The number of rotatable bonds is 1. The van der Waals surface area contributed by atoms with Gasteiger partial charge in [-0.15, -0.1) is 11.3 Å². The van der Waals surface area contributed by atoms with Gasteiger partial charge >= 0.3 is 0 Å². The highest BCUT2D eigenvalue weighted by Gasteiger charge is 2.48. The van der Waals surface area contributed by atoms with E-state index in [-0.39, 0.29) is 17.1 Å². The fourth-order valence-corrected chi connectivity index (χ4v) is 5.23. The lowest BCUT2D eigenvalue weighted by Crippen LogP contribution is -2.35. The summed E-state index contributed by atoms with van der Waals surface area (Å²) in [6.07, 6.45) is 4.11. The number of thiazole rings is 1. The molecule has 3 aromatic rings. The summed E-state index contributed by atoms with van der Waals surface area (Å²) in [6, 6.07) is 10.7. The van der Waals surface area contributed by atoms with Crippen molar-refractivity contribution in [2.75, 3.05) is 11.4 Å². The summed E-state index contributed by atoms with van der Waals surface area (Å²) in [7, 11) is 0. The number of hydrogen-bond acceptors (Lipinski definition) is 3. The maximum Gasteiger partial charge on any atom is 0.258 e. The van der Waals surface area contributed by atoms with Crippen LogP contribution in [0.1, 0.15) is 41.6 Å². The fraction of sp³-hybridized carbons (Fsp3) is 0.300. The standard InChI is InChI=1S/C20H17FN2OS/c21-14-4-3-5-16-18(14)20(8-1-2-9-20)11-23(16)19(24)13-6-7-15-17(10-13)25-12-22-15/h3-7,10,12H,1-2,8-9,11H2. The third-order valence-corrected chi connectivity index (χ3v) is 6.45. The lowest BCUT2D eigenvalue weighted by atomic mass is 9.80. The summed E-state index contributed by atoms with van der Waals surface area (Å²) in [5.41, 5.74) is 4.62. The van der Waals surface area contributed by atoms with Gasteiger partial charge in [-0.3, -0.25) is 4.79 Å². The van der Waals surface area contributed by atoms with Crippen LogP contribution in [0.15, 0.2) is 41.9 Å². The first-order valence-electron chi connectivity index (χ1n) is 8.62. The first-order chi connectivity index (χ1) is 12.2. The van der Waals surface area contributed by atoms with Crippen LogP contribution in [0.3, 0.4) is 0 Å². The number of carbonyl (C=O) groups is 1. The van der Waals surface area contributed by atoms with E-state index >= 15 is 0 Å². The van der Waals surface area contributed by atoms with Crippen LogP contribution in [0, 0.1) is 5.82 Å². The van der Waals surface area contributed by atoms with E-state index in [1.54, 1.807) is 16.5 Å². The molecule has 2 aliphatic rings. The zero-order valence-corrected chi connectivity index (χ0v) is 14.5. The van der Waals surface area contributed by atoms with Crippen LogP contribution in [-0.4, -0.2) is 17.4 Å². The van der Waals surface area contributed by atoms with Gasteiger partial charge in [-0.25, -0.2) is 9.37 Å². The van der Waals surface area contributed by atoms with E-state index < -0.39 is 0 Å². The largest absolute Gasteiger partial charge is 0.307 e. The van der Waals surface area contributed by atoms with E-state index in [0.717, 1.165) is 47.2 Å². The summed E-state index contributed by atoms with van der Waals surface area (Å²) in [5.74, 6) is -0.224. The van der Waals surface area contributed by atoms with E-state index in [2.05, 4.69) is 4.98 Å². The molecule has 0 N–H and O–H groups in total. The fourth-order valence-electron chi connectivity index (χ4n) is 4.51. The van der Waals surface area contributed by atoms with Crippen LogP contribution in [0.25, 0.3) is 10.2 Å². The lowest BCUT2D eigenvalue weighted by molar-refractivity contribution is 0.0985. The molecule has 1 fully saturated rings. The molecule has 25 heavy (non-hydrogen) atoms. The minimum absolute atomic E-state index is 0.0501. The quantitative estimate of drug-likeness (QED) is 0.623. The molecule has 5 heteroatoms. The Balaban J connectivity index is 1.60. The van der Waals surface area contributed by atoms with Gasteiger partial charge in [-0.05, 0) is 43.2 Å². The molecule has 1 spiro atoms. The first kappa shape index (κ1) is 15.0. The minimum atomic E-state index is -0.203. The van der Waals surface area contributed by atoms with Crippen LogP contribution in [0.5, 0.6) is 0 Å². The van der Waals surface area contributed by atoms with Crippen LogP contribution < -0.4 is 4.90 Å². The van der Waals surface area contributed by atoms with E-state index in [0.29, 0.717) is 12.1 Å². The Morgan fingerprint density at radius 3 is 2.88 bits per heavy atom. The number of benzene rings is 2. The number of carbonyl (C=O) groups excluding carboxylic acids is 1. The van der Waals surface area contributed by atoms with Crippen molar-refractivity contribution in [2.24, 2.45) is 0 Å². The third-order valence-electron chi connectivity index (χ3n) is 5.66. The zero-order chi connectivity index (χ0) is 17.0. The number of aromatic nitrogens is 1. The van der Waals surface area contributed by atoms with Gasteiger partial charge in [0.15, 0.2) is 0 Å². The van der Waals surface area contributed by atoms with E-state index in [1.165, 1.54) is 17.4 Å². The minimum Gasteiger partial charge on any atom is -0.307 e. The molecule has 0 saturated heterocycles. The Morgan fingerprint density at radius 2 is 2.04 bits per heavy atom. The Labute approximate surface area is 149 Å². The molecule has 0 atom stereocenters. The molecule has 1 aliphatic heterocycles. The number of amides is 1. The predicted molar refractivity (Wildman–Crippen MR) is 97.8 cm³/mol. The van der Waals surface area contributed by atoms with Crippen molar-refractivity contribution in [2.45, 2.75) is 31.1 Å². The van der Waals surface area contributed by atoms with Crippen molar-refractivity contribution in [1.82, 2.24) is 4.98 Å². The SMILES string of the molecule is O=C(c1ccc2ncsc2c1)N1CC2(CCCC2)c2c(F)cccc21. The molecular weight excluding hydrogens is 335 g/mol. The van der Waals surface area contributed by atoms with Gasteiger partial charge < -0.3 is 4.90 Å². The first-order valence-corrected chi connectivity index (χ1v) is 9.50. The number of fused-ring (bicyclic) bond motifs is 3. The van der Waals surface area contributed by atoms with Gasteiger partial charge in [-0.2, -0.15) is 0 Å². The van der Waals surface area contributed by atoms with Crippen molar-refractivity contribution < 1.29 is 9.18 Å². The van der Waals surface area contributed by atoms with Crippen LogP contribution >= 0.6 is 11.3 Å². The molecule has 1 aliphatic carbocycles. The lowest BCUT2D eigenvalue weighted by Gasteiger charge is -2.25. The average molecular weight is 352 g/mol. The number of halogens is 1. The van der Waals surface area contributed by atoms with Gasteiger partial charge in [-0.1, -0.05) is 18.9 Å². The maximum absolute atomic E-state index is 14.6. The zero-order valence-electron chi connectivity index (χ0n) is 13.7. The highest BCUT2D eigenvalue weighted by molar-refractivity contribution is 7.16. The van der Waals surface area contributed by atoms with E-state index in [9.17, 15) is 9.18 Å². The van der Waals surface area contributed by atoms with E-state index in [1.807, 2.05) is 24.3 Å². The second-order valence-corrected chi connectivity index (χ2v) is 7.93. The molecule has 1 saturated carbocycles. The molecule has 1 amide bonds. The molecule has 0 unspecified atom stereocenters. The van der Waals surface area contributed by atoms with Crippen LogP contribution in [0.2, 0.25) is 0 Å².